The average molecular weight is 299 g/mol. The Labute approximate surface area is 117 Å². The van der Waals surface area contributed by atoms with Gasteiger partial charge in [-0.25, -0.2) is 9.37 Å². The molecule has 0 unspecified atom stereocenters. The molecule has 0 fully saturated rings. The zero-order chi connectivity index (χ0) is 14.7. The Bertz CT molecular complexity index is 668. The second-order valence-electron chi connectivity index (χ2n) is 3.54. The Kier molecular flexibility index (Phi) is 3.94. The molecule has 1 N–H and O–H groups in total. The maximum atomic E-state index is 13.7. The zero-order valence-electron chi connectivity index (χ0n) is 10.1. The molecule has 2 aromatic rings. The van der Waals surface area contributed by atoms with Gasteiger partial charge in [-0.1, -0.05) is 17.7 Å². The van der Waals surface area contributed by atoms with Crippen molar-refractivity contribution in [1.82, 2.24) is 9.97 Å². The van der Waals surface area contributed by atoms with Crippen LogP contribution >= 0.6 is 11.6 Å². The molecule has 7 nitrogen and oxygen atoms in total. The summed E-state index contributed by atoms with van der Waals surface area (Å²) in [5, 5.41) is 13.5. The summed E-state index contributed by atoms with van der Waals surface area (Å²) in [4.78, 5) is 17.8. The summed E-state index contributed by atoms with van der Waals surface area (Å²) in [7, 11) is 1.57. The van der Waals surface area contributed by atoms with Crippen molar-refractivity contribution in [3.8, 4) is 11.6 Å². The number of halogens is 2. The van der Waals surface area contributed by atoms with E-state index < -0.39 is 22.2 Å². The molecule has 0 saturated heterocycles. The van der Waals surface area contributed by atoms with Crippen LogP contribution in [0.4, 0.5) is 16.0 Å². The lowest BCUT2D eigenvalue weighted by Gasteiger charge is -2.08. The number of anilines is 1. The monoisotopic (exact) mass is 298 g/mol. The van der Waals surface area contributed by atoms with E-state index in [0.29, 0.717) is 0 Å². The van der Waals surface area contributed by atoms with Crippen molar-refractivity contribution in [1.29, 1.82) is 0 Å². The highest BCUT2D eigenvalue weighted by atomic mass is 35.5. The molecule has 0 bridgehead atoms. The van der Waals surface area contributed by atoms with Crippen molar-refractivity contribution in [3.05, 3.63) is 45.4 Å². The van der Waals surface area contributed by atoms with E-state index in [2.05, 4.69) is 15.3 Å². The molecule has 104 valence electrons. The Morgan fingerprint density at radius 3 is 2.90 bits per heavy atom. The molecule has 0 radical (unpaired) electrons. The van der Waals surface area contributed by atoms with Crippen molar-refractivity contribution >= 4 is 23.2 Å². The normalized spacial score (nSPS) is 10.2. The van der Waals surface area contributed by atoms with Crippen LogP contribution in [0.25, 0.3) is 0 Å². The first-order valence-corrected chi connectivity index (χ1v) is 5.71. The predicted molar refractivity (Wildman–Crippen MR) is 69.7 cm³/mol. The minimum absolute atomic E-state index is 0.00144. The second kappa shape index (κ2) is 5.66. The van der Waals surface area contributed by atoms with Gasteiger partial charge in [0.2, 0.25) is 17.6 Å². The van der Waals surface area contributed by atoms with Crippen LogP contribution in [-0.4, -0.2) is 21.9 Å². The van der Waals surface area contributed by atoms with Crippen molar-refractivity contribution < 1.29 is 14.1 Å². The molecular formula is C11H8ClFN4O3. The Morgan fingerprint density at radius 1 is 1.50 bits per heavy atom. The quantitative estimate of drug-likeness (QED) is 0.689. The van der Waals surface area contributed by atoms with Gasteiger partial charge in [-0.2, -0.15) is 4.98 Å². The Hall–Kier alpha value is -2.48. The fourth-order valence-corrected chi connectivity index (χ4v) is 1.51. The topological polar surface area (TPSA) is 90.2 Å². The zero-order valence-corrected chi connectivity index (χ0v) is 10.9. The number of hydrogen-bond acceptors (Lipinski definition) is 6. The number of para-hydroxylation sites is 1. The van der Waals surface area contributed by atoms with Crippen molar-refractivity contribution in [2.45, 2.75) is 0 Å². The lowest BCUT2D eigenvalue weighted by atomic mass is 10.3. The molecule has 1 aromatic carbocycles. The number of hydrogen-bond donors (Lipinski definition) is 1. The first kappa shape index (κ1) is 13.9. The van der Waals surface area contributed by atoms with Crippen LogP contribution in [0.1, 0.15) is 0 Å². The van der Waals surface area contributed by atoms with E-state index >= 15 is 0 Å². The van der Waals surface area contributed by atoms with Gasteiger partial charge in [0.15, 0.2) is 5.82 Å². The molecule has 0 aliphatic rings. The number of nitro groups is 1. The number of rotatable bonds is 4. The van der Waals surface area contributed by atoms with E-state index in [1.807, 2.05) is 0 Å². The van der Waals surface area contributed by atoms with Gasteiger partial charge < -0.3 is 10.1 Å². The molecule has 0 amide bonds. The van der Waals surface area contributed by atoms with Crippen LogP contribution in [0.2, 0.25) is 5.02 Å². The van der Waals surface area contributed by atoms with Crippen molar-refractivity contribution in [2.24, 2.45) is 0 Å². The molecule has 0 aliphatic heterocycles. The van der Waals surface area contributed by atoms with Gasteiger partial charge in [0, 0.05) is 13.1 Å². The number of benzene rings is 1. The first-order valence-electron chi connectivity index (χ1n) is 5.34. The van der Waals surface area contributed by atoms with Crippen LogP contribution in [0.3, 0.4) is 0 Å². The number of nitrogens with one attached hydrogen (secondary N) is 1. The summed E-state index contributed by atoms with van der Waals surface area (Å²) >= 11 is 5.82. The lowest BCUT2D eigenvalue weighted by Crippen LogP contribution is -2.01. The molecule has 2 rings (SSSR count). The Morgan fingerprint density at radius 2 is 2.25 bits per heavy atom. The highest BCUT2D eigenvalue weighted by Crippen LogP contribution is 2.35. The number of ether oxygens (including phenoxy) is 1. The molecule has 0 aliphatic carbocycles. The van der Waals surface area contributed by atoms with Crippen LogP contribution in [0, 0.1) is 15.9 Å². The molecule has 0 saturated carbocycles. The second-order valence-corrected chi connectivity index (χ2v) is 3.95. The molecule has 20 heavy (non-hydrogen) atoms. The smallest absolute Gasteiger partial charge is 0.314 e. The summed E-state index contributed by atoms with van der Waals surface area (Å²) in [6, 6.07) is 3.36. The molecule has 1 aromatic heterocycles. The van der Waals surface area contributed by atoms with E-state index in [1.165, 1.54) is 12.3 Å². The molecule has 9 heteroatoms. The van der Waals surface area contributed by atoms with Gasteiger partial charge in [-0.15, -0.1) is 0 Å². The summed E-state index contributed by atoms with van der Waals surface area (Å²) < 4.78 is 18.8. The first-order chi connectivity index (χ1) is 9.52. The summed E-state index contributed by atoms with van der Waals surface area (Å²) in [6.45, 7) is 0. The molecule has 0 atom stereocenters. The largest absolute Gasteiger partial charge is 0.427 e. The molecule has 0 spiro atoms. The van der Waals surface area contributed by atoms with Crippen molar-refractivity contribution in [3.63, 3.8) is 0 Å². The third-order valence-corrected chi connectivity index (χ3v) is 2.54. The number of aromatic nitrogens is 2. The van der Waals surface area contributed by atoms with Crippen LogP contribution in [-0.2, 0) is 0 Å². The fourth-order valence-electron chi connectivity index (χ4n) is 1.38. The van der Waals surface area contributed by atoms with E-state index in [4.69, 9.17) is 16.3 Å². The highest BCUT2D eigenvalue weighted by Gasteiger charge is 2.22. The maximum Gasteiger partial charge on any atom is 0.314 e. The third-order valence-electron chi connectivity index (χ3n) is 2.28. The van der Waals surface area contributed by atoms with Crippen molar-refractivity contribution in [2.75, 3.05) is 12.4 Å². The van der Waals surface area contributed by atoms with Crippen LogP contribution in [0.5, 0.6) is 11.6 Å². The van der Waals surface area contributed by atoms with E-state index in [-0.39, 0.29) is 16.9 Å². The fraction of sp³-hybridized carbons (Fsp3) is 0.0909. The van der Waals surface area contributed by atoms with Gasteiger partial charge in [-0.05, 0) is 6.07 Å². The van der Waals surface area contributed by atoms with Gasteiger partial charge in [0.05, 0.1) is 11.1 Å². The summed E-state index contributed by atoms with van der Waals surface area (Å²) in [6.07, 6.45) is 1.24. The minimum atomic E-state index is -0.889. The molecular weight excluding hydrogens is 291 g/mol. The van der Waals surface area contributed by atoms with Gasteiger partial charge in [-0.3, -0.25) is 10.1 Å². The number of nitro benzene ring substituents is 1. The van der Waals surface area contributed by atoms with E-state index in [1.54, 1.807) is 7.05 Å². The van der Waals surface area contributed by atoms with Gasteiger partial charge in [0.25, 0.3) is 0 Å². The SMILES string of the molecule is CNc1ncc(Cl)c(Oc2c(F)cccc2[N+](=O)[O-])n1. The standard InChI is InChI=1S/C11H8ClFN4O3/c1-14-11-15-5-6(12)10(16-11)20-9-7(13)3-2-4-8(9)17(18)19/h2-5H,1H3,(H,14,15,16). The summed E-state index contributed by atoms with van der Waals surface area (Å²) in [5.41, 5.74) is -0.523. The Balaban J connectivity index is 2.47. The maximum absolute atomic E-state index is 13.7. The van der Waals surface area contributed by atoms with Gasteiger partial charge in [0.1, 0.15) is 5.02 Å². The van der Waals surface area contributed by atoms with E-state index in [0.717, 1.165) is 12.1 Å². The summed E-state index contributed by atoms with van der Waals surface area (Å²) in [5.74, 6) is -1.44. The van der Waals surface area contributed by atoms with Crippen LogP contribution in [0.15, 0.2) is 24.4 Å². The lowest BCUT2D eigenvalue weighted by molar-refractivity contribution is -0.385. The number of nitrogens with zero attached hydrogens (tertiary/aromatic N) is 3. The average Bonchev–Trinajstić information content (AvgIpc) is 2.43. The van der Waals surface area contributed by atoms with Crippen LogP contribution < -0.4 is 10.1 Å². The predicted octanol–water partition coefficient (Wildman–Crippen LogP) is 3.01. The third kappa shape index (κ3) is 2.75. The highest BCUT2D eigenvalue weighted by molar-refractivity contribution is 6.31. The molecule has 1 heterocycles. The van der Waals surface area contributed by atoms with E-state index in [9.17, 15) is 14.5 Å². The van der Waals surface area contributed by atoms with Gasteiger partial charge >= 0.3 is 5.69 Å². The minimum Gasteiger partial charge on any atom is -0.427 e.